The van der Waals surface area contributed by atoms with E-state index < -0.39 is 36.6 Å². The molecule has 2 aromatic rings. The summed E-state index contributed by atoms with van der Waals surface area (Å²) in [6.45, 7) is 26.4. The minimum absolute atomic E-state index is 0.116. The molecule has 2 saturated heterocycles. The van der Waals surface area contributed by atoms with E-state index in [-0.39, 0.29) is 11.8 Å². The number of hydrogen-bond acceptors (Lipinski definition) is 6. The molecule has 2 aromatic carbocycles. The zero-order valence-electron chi connectivity index (χ0n) is 35.2. The average molecular weight is 739 g/mol. The minimum Gasteiger partial charge on any atom is -0.399 e. The maximum Gasteiger partial charge on any atom is 0.494 e. The van der Waals surface area contributed by atoms with Gasteiger partial charge >= 0.3 is 14.2 Å². The first-order valence-corrected chi connectivity index (χ1v) is 20.8. The van der Waals surface area contributed by atoms with Crippen molar-refractivity contribution in [3.05, 3.63) is 47.5 Å². The zero-order valence-corrected chi connectivity index (χ0v) is 35.2. The molecule has 0 aromatic heterocycles. The highest BCUT2D eigenvalue weighted by atomic mass is 16.7. The molecule has 8 nitrogen and oxygen atoms in total. The number of fused-ring (bicyclic) bond motifs is 2. The summed E-state index contributed by atoms with van der Waals surface area (Å²) in [4.78, 5) is 33.9. The molecule has 0 radical (unpaired) electrons. The summed E-state index contributed by atoms with van der Waals surface area (Å²) >= 11 is 0. The minimum atomic E-state index is -0.567. The van der Waals surface area contributed by atoms with Crippen molar-refractivity contribution < 1.29 is 28.2 Å². The molecule has 2 atom stereocenters. The molecule has 0 spiro atoms. The molecule has 0 bridgehead atoms. The van der Waals surface area contributed by atoms with Gasteiger partial charge in [-0.25, -0.2) is 0 Å². The summed E-state index contributed by atoms with van der Waals surface area (Å²) in [5, 5.41) is 0. The van der Waals surface area contributed by atoms with Crippen molar-refractivity contribution in [3.8, 4) is 0 Å². The Morgan fingerprint density at radius 1 is 0.556 bits per heavy atom. The van der Waals surface area contributed by atoms with Gasteiger partial charge < -0.3 is 28.4 Å². The average Bonchev–Trinajstić information content (AvgIpc) is 3.71. The molecule has 2 fully saturated rings. The fourth-order valence-corrected chi connectivity index (χ4v) is 8.13. The lowest BCUT2D eigenvalue weighted by Gasteiger charge is -2.32. The third-order valence-corrected chi connectivity index (χ3v) is 13.4. The molecule has 0 N–H and O–H groups in total. The number of anilines is 2. The molecule has 0 aliphatic carbocycles. The number of nitrogens with zero attached hydrogens (tertiary/aromatic N) is 2. The Morgan fingerprint density at radius 3 is 1.19 bits per heavy atom. The third kappa shape index (κ3) is 7.26. The number of unbranched alkanes of at least 4 members (excludes halogenated alkanes) is 2. The van der Waals surface area contributed by atoms with Crippen LogP contribution in [0.15, 0.2) is 36.4 Å². The Balaban J connectivity index is 1.49. The predicted octanol–water partition coefficient (Wildman–Crippen LogP) is 8.32. The highest BCUT2D eigenvalue weighted by Gasteiger charge is 2.54. The summed E-state index contributed by atoms with van der Waals surface area (Å²) in [7, 11) is -1.13. The lowest BCUT2D eigenvalue weighted by atomic mass is 9.77. The van der Waals surface area contributed by atoms with E-state index in [1.54, 1.807) is 0 Å². The third-order valence-electron chi connectivity index (χ3n) is 13.4. The van der Waals surface area contributed by atoms with Crippen LogP contribution in [0.3, 0.4) is 0 Å². The van der Waals surface area contributed by atoms with Crippen molar-refractivity contribution in [3.63, 3.8) is 0 Å². The maximum absolute atomic E-state index is 15.0. The van der Waals surface area contributed by atoms with Crippen LogP contribution in [0.5, 0.6) is 0 Å². The second-order valence-corrected chi connectivity index (χ2v) is 18.1. The van der Waals surface area contributed by atoms with Crippen LogP contribution in [-0.4, -0.2) is 61.5 Å². The van der Waals surface area contributed by atoms with E-state index in [1.165, 1.54) is 0 Å². The van der Waals surface area contributed by atoms with Crippen molar-refractivity contribution in [2.24, 2.45) is 11.8 Å². The quantitative estimate of drug-likeness (QED) is 0.143. The highest BCUT2D eigenvalue weighted by molar-refractivity contribution is 6.63. The number of carbonyl (C=O) groups is 2. The molecule has 0 saturated carbocycles. The molecule has 4 heterocycles. The molecule has 6 rings (SSSR count). The van der Waals surface area contributed by atoms with Crippen LogP contribution in [0.4, 0.5) is 11.4 Å². The monoisotopic (exact) mass is 738 g/mol. The smallest absolute Gasteiger partial charge is 0.399 e. The number of hydrogen-bond donors (Lipinski definition) is 0. The van der Waals surface area contributed by atoms with Crippen LogP contribution in [-0.2, 0) is 28.2 Å². The summed E-state index contributed by atoms with van der Waals surface area (Å²) in [6.07, 6.45) is 8.45. The van der Waals surface area contributed by atoms with Gasteiger partial charge in [-0.15, -0.1) is 0 Å². The molecule has 4 aliphatic rings. The van der Waals surface area contributed by atoms with Gasteiger partial charge in [0.1, 0.15) is 0 Å². The second kappa shape index (κ2) is 15.2. The summed E-state index contributed by atoms with van der Waals surface area (Å²) in [6, 6.07) is 12.1. The lowest BCUT2D eigenvalue weighted by Crippen LogP contribution is -2.41. The first-order valence-electron chi connectivity index (χ1n) is 20.8. The molecule has 2 unspecified atom stereocenters. The number of rotatable bonds is 14. The normalized spacial score (nSPS) is 23.4. The molecule has 2 amide bonds. The summed E-state index contributed by atoms with van der Waals surface area (Å²) in [5.41, 5.74) is 3.92. The molecular weight excluding hydrogens is 674 g/mol. The van der Waals surface area contributed by atoms with E-state index in [2.05, 4.69) is 95.2 Å². The molecule has 292 valence electrons. The van der Waals surface area contributed by atoms with Crippen LogP contribution in [0, 0.1) is 11.8 Å². The van der Waals surface area contributed by atoms with Gasteiger partial charge in [0.25, 0.3) is 11.8 Å². The van der Waals surface area contributed by atoms with Gasteiger partial charge in [0.05, 0.1) is 44.9 Å². The topological polar surface area (TPSA) is 77.5 Å². The van der Waals surface area contributed by atoms with Gasteiger partial charge in [-0.2, -0.15) is 0 Å². The fraction of sp³-hybridized carbons (Fsp3) is 0.636. The van der Waals surface area contributed by atoms with Crippen LogP contribution >= 0.6 is 0 Å². The Labute approximate surface area is 326 Å². The first-order chi connectivity index (χ1) is 25.4. The number of amides is 2. The fourth-order valence-electron chi connectivity index (χ4n) is 8.13. The predicted molar refractivity (Wildman–Crippen MR) is 222 cm³/mol. The molecule has 10 heteroatoms. The lowest BCUT2D eigenvalue weighted by molar-refractivity contribution is -0.114. The largest absolute Gasteiger partial charge is 0.494 e. The van der Waals surface area contributed by atoms with Gasteiger partial charge in [0.2, 0.25) is 0 Å². The van der Waals surface area contributed by atoms with Crippen molar-refractivity contribution in [1.82, 2.24) is 0 Å². The van der Waals surface area contributed by atoms with E-state index in [1.807, 2.05) is 34.1 Å². The van der Waals surface area contributed by atoms with Gasteiger partial charge in [0, 0.05) is 24.2 Å². The van der Waals surface area contributed by atoms with Crippen LogP contribution in [0.2, 0.25) is 0 Å². The Bertz CT molecular complexity index is 1620. The standard InChI is InChI=1S/C44H64B2N2O6/c1-13-17-19-29(15-3)27-47-35-25-31(45-51-41(5,6)42(7,8)52-45)21-23-33(35)37(39(47)49)38-34-24-22-32(46-53-43(9,10)44(11,12)54-46)26-36(34)48(40(38)50)28-30(16-4)20-18-14-2/h21-26,29-30H,13-20,27-28H2,1-12H3/b38-37+. The van der Waals surface area contributed by atoms with Gasteiger partial charge in [0.15, 0.2) is 0 Å². The van der Waals surface area contributed by atoms with E-state index in [0.717, 1.165) is 84.8 Å². The molecular formula is C44H64B2N2O6. The van der Waals surface area contributed by atoms with Crippen molar-refractivity contribution in [2.45, 2.75) is 157 Å². The molecule has 4 aliphatic heterocycles. The summed E-state index contributed by atoms with van der Waals surface area (Å²) in [5.74, 6) is 0.437. The highest BCUT2D eigenvalue weighted by Crippen LogP contribution is 2.48. The van der Waals surface area contributed by atoms with Crippen molar-refractivity contribution >= 4 is 59.5 Å². The zero-order chi connectivity index (χ0) is 39.4. The summed E-state index contributed by atoms with van der Waals surface area (Å²) < 4.78 is 25.9. The Kier molecular flexibility index (Phi) is 11.5. The van der Waals surface area contributed by atoms with E-state index in [0.29, 0.717) is 36.1 Å². The number of benzene rings is 2. The SMILES string of the molecule is CCCCC(CC)CN1C(=O)/C(=C2/C(=O)N(CC(CC)CCCC)c3cc(B4OC(C)(C)C(C)(C)O4)ccc32)c2ccc(B3OC(C)(C)C(C)(C)O3)cc21. The number of carbonyl (C=O) groups excluding carboxylic acids is 2. The van der Waals surface area contributed by atoms with Gasteiger partial charge in [-0.3, -0.25) is 9.59 Å². The van der Waals surface area contributed by atoms with Crippen LogP contribution < -0.4 is 20.7 Å². The Morgan fingerprint density at radius 2 is 0.889 bits per heavy atom. The van der Waals surface area contributed by atoms with Crippen LogP contribution in [0.1, 0.15) is 146 Å². The van der Waals surface area contributed by atoms with E-state index in [4.69, 9.17) is 18.6 Å². The first kappa shape index (κ1) is 40.7. The van der Waals surface area contributed by atoms with Gasteiger partial charge in [-0.05, 0) is 103 Å². The second-order valence-electron chi connectivity index (χ2n) is 18.1. The maximum atomic E-state index is 15.0. The van der Waals surface area contributed by atoms with Crippen LogP contribution in [0.25, 0.3) is 11.1 Å². The van der Waals surface area contributed by atoms with E-state index in [9.17, 15) is 0 Å². The van der Waals surface area contributed by atoms with E-state index >= 15 is 9.59 Å². The van der Waals surface area contributed by atoms with Crippen molar-refractivity contribution in [2.75, 3.05) is 22.9 Å². The Hall–Kier alpha value is -2.91. The van der Waals surface area contributed by atoms with Gasteiger partial charge in [-0.1, -0.05) is 90.5 Å². The molecule has 54 heavy (non-hydrogen) atoms. The van der Waals surface area contributed by atoms with Crippen molar-refractivity contribution in [1.29, 1.82) is 0 Å².